The summed E-state index contributed by atoms with van der Waals surface area (Å²) < 4.78 is 0. The molecule has 0 saturated heterocycles. The summed E-state index contributed by atoms with van der Waals surface area (Å²) in [5, 5.41) is 5.49. The highest BCUT2D eigenvalue weighted by molar-refractivity contribution is 5.88. The summed E-state index contributed by atoms with van der Waals surface area (Å²) in [7, 11) is 0. The van der Waals surface area contributed by atoms with Gasteiger partial charge in [0.15, 0.2) is 5.78 Å². The summed E-state index contributed by atoms with van der Waals surface area (Å²) in [6, 6.07) is -0.605. The molecule has 1 aromatic rings. The monoisotopic (exact) mass is 538 g/mol. The lowest BCUT2D eigenvalue weighted by atomic mass is 10.1. The molecule has 0 aromatic carbocycles. The molecule has 7 heteroatoms. The summed E-state index contributed by atoms with van der Waals surface area (Å²) in [4.78, 5) is 42.7. The summed E-state index contributed by atoms with van der Waals surface area (Å²) in [6.07, 6.45) is 32.2. The fourth-order valence-corrected chi connectivity index (χ4v) is 3.33. The molecule has 1 heterocycles. The Morgan fingerprint density at radius 1 is 0.846 bits per heavy atom. The van der Waals surface area contributed by atoms with Gasteiger partial charge in [0, 0.05) is 37.7 Å². The normalized spacial score (nSPS) is 12.4. The van der Waals surface area contributed by atoms with Crippen LogP contribution in [0.5, 0.6) is 0 Å². The van der Waals surface area contributed by atoms with Crippen LogP contribution in [0.15, 0.2) is 73.3 Å². The van der Waals surface area contributed by atoms with Gasteiger partial charge in [-0.15, -0.1) is 0 Å². The number of hydrogen-bond donors (Lipinski definition) is 3. The Balaban J connectivity index is 0.00000704. The topological polar surface area (TPSA) is 104 Å². The first-order valence-electron chi connectivity index (χ1n) is 14.3. The van der Waals surface area contributed by atoms with Gasteiger partial charge in [0.1, 0.15) is 0 Å². The van der Waals surface area contributed by atoms with Crippen LogP contribution >= 0.6 is 0 Å². The van der Waals surface area contributed by atoms with E-state index in [9.17, 15) is 14.4 Å². The highest BCUT2D eigenvalue weighted by atomic mass is 16.2. The number of unbranched alkanes of at least 4 members (excludes halogenated alkanes) is 1. The van der Waals surface area contributed by atoms with Crippen molar-refractivity contribution in [1.82, 2.24) is 20.6 Å². The van der Waals surface area contributed by atoms with E-state index in [4.69, 9.17) is 0 Å². The number of carbonyl (C=O) groups is 3. The van der Waals surface area contributed by atoms with Crippen LogP contribution in [0.25, 0.3) is 0 Å². The van der Waals surface area contributed by atoms with Crippen LogP contribution in [0.3, 0.4) is 0 Å². The van der Waals surface area contributed by atoms with E-state index in [1.807, 2.05) is 13.8 Å². The van der Waals surface area contributed by atoms with Crippen molar-refractivity contribution in [2.24, 2.45) is 0 Å². The number of H-pyrrole nitrogens is 1. The number of aromatic nitrogens is 2. The number of carbonyl (C=O) groups excluding carboxylic acids is 3. The molecule has 0 spiro atoms. The number of nitrogens with one attached hydrogen (secondary N) is 3. The Kier molecular flexibility index (Phi) is 23.8. The molecule has 0 bridgehead atoms. The third kappa shape index (κ3) is 22.2. The third-order valence-electron chi connectivity index (χ3n) is 5.41. The maximum Gasteiger partial charge on any atom is 0.222 e. The zero-order valence-corrected chi connectivity index (χ0v) is 24.5. The first-order chi connectivity index (χ1) is 19.0. The molecule has 1 rings (SSSR count). The average molecular weight is 539 g/mol. The zero-order valence-electron chi connectivity index (χ0n) is 24.5. The molecule has 7 nitrogen and oxygen atoms in total. The van der Waals surface area contributed by atoms with Gasteiger partial charge in [-0.05, 0) is 51.9 Å². The van der Waals surface area contributed by atoms with Crippen molar-refractivity contribution < 1.29 is 14.4 Å². The fourth-order valence-electron chi connectivity index (χ4n) is 3.33. The average Bonchev–Trinajstić information content (AvgIpc) is 3.44. The summed E-state index contributed by atoms with van der Waals surface area (Å²) in [5.41, 5.74) is 0.779. The molecular weight excluding hydrogens is 488 g/mol. The van der Waals surface area contributed by atoms with Crippen molar-refractivity contribution in [3.63, 3.8) is 0 Å². The quantitative estimate of drug-likeness (QED) is 0.131. The molecule has 3 N–H and O–H groups in total. The maximum atomic E-state index is 12.1. The standard InChI is InChI=1S/C30H44N4O3.C2H6/c1-3-4-5-6-7-8-9-10-11-12-13-14-15-16-17-18-19-20-29(36)32-22-21-30(37)34-28(26(2)35)23-27-24-31-25-33-27;1-2/h4-5,7-8,10-11,13-14,16-17,24-25,28H,3,6,9,12,15,18-23H2,1-2H3,(H,31,33)(H,32,36)(H,34,37);1-2H3/b5-4-,8-7-,11-10-,14-13-,17-16-;/t28-;/m0./s1. The van der Waals surface area contributed by atoms with Gasteiger partial charge in [0.25, 0.3) is 0 Å². The summed E-state index contributed by atoms with van der Waals surface area (Å²) >= 11 is 0. The molecule has 0 aliphatic heterocycles. The Hall–Kier alpha value is -3.48. The predicted octanol–water partition coefficient (Wildman–Crippen LogP) is 6.48. The van der Waals surface area contributed by atoms with E-state index in [2.05, 4.69) is 88.3 Å². The van der Waals surface area contributed by atoms with Gasteiger partial charge in [-0.2, -0.15) is 0 Å². The largest absolute Gasteiger partial charge is 0.356 e. The smallest absolute Gasteiger partial charge is 0.222 e. The van der Waals surface area contributed by atoms with Gasteiger partial charge >= 0.3 is 0 Å². The van der Waals surface area contributed by atoms with Gasteiger partial charge in [-0.1, -0.05) is 81.5 Å². The molecule has 0 aliphatic rings. The SMILES string of the molecule is CC.CC/C=C\C/C=C\C/C=C\C/C=C\C/C=C\CCCC(=O)NCCC(=O)N[C@@H](Cc1cnc[nH]1)C(C)=O. The van der Waals surface area contributed by atoms with Crippen LogP contribution < -0.4 is 10.6 Å². The number of hydrogen-bond acceptors (Lipinski definition) is 4. The summed E-state index contributed by atoms with van der Waals surface area (Å²) in [5.74, 6) is -0.457. The van der Waals surface area contributed by atoms with Crippen LogP contribution in [0.2, 0.25) is 0 Å². The maximum absolute atomic E-state index is 12.1. The second-order valence-electron chi connectivity index (χ2n) is 8.71. The number of aromatic amines is 1. The molecule has 2 amide bonds. The number of Topliss-reactive ketones (excluding diaryl/α,β-unsaturated/α-hetero) is 1. The lowest BCUT2D eigenvalue weighted by Crippen LogP contribution is -2.42. The van der Waals surface area contributed by atoms with Crippen LogP contribution in [0.1, 0.15) is 91.2 Å². The Morgan fingerprint density at radius 2 is 1.41 bits per heavy atom. The van der Waals surface area contributed by atoms with Crippen molar-refractivity contribution in [3.05, 3.63) is 79.0 Å². The number of nitrogens with zero attached hydrogens (tertiary/aromatic N) is 1. The van der Waals surface area contributed by atoms with Crippen LogP contribution in [0.4, 0.5) is 0 Å². The van der Waals surface area contributed by atoms with Crippen molar-refractivity contribution in [3.8, 4) is 0 Å². The molecule has 0 saturated carbocycles. The van der Waals surface area contributed by atoms with Crippen molar-refractivity contribution >= 4 is 17.6 Å². The van der Waals surface area contributed by atoms with E-state index in [1.54, 1.807) is 6.20 Å². The van der Waals surface area contributed by atoms with Gasteiger partial charge in [-0.3, -0.25) is 14.4 Å². The van der Waals surface area contributed by atoms with E-state index in [0.717, 1.165) is 50.6 Å². The number of imidazole rings is 1. The van der Waals surface area contributed by atoms with E-state index in [-0.39, 0.29) is 30.6 Å². The molecule has 1 atom stereocenters. The Morgan fingerprint density at radius 3 is 1.92 bits per heavy atom. The first kappa shape index (κ1) is 35.5. The second-order valence-corrected chi connectivity index (χ2v) is 8.71. The minimum atomic E-state index is -0.605. The zero-order chi connectivity index (χ0) is 29.0. The lowest BCUT2D eigenvalue weighted by Gasteiger charge is -2.15. The Bertz CT molecular complexity index is 912. The van der Waals surface area contributed by atoms with Gasteiger partial charge in [-0.25, -0.2) is 4.98 Å². The fraction of sp³-hybridized carbons (Fsp3) is 0.500. The van der Waals surface area contributed by atoms with Gasteiger partial charge < -0.3 is 15.6 Å². The number of rotatable bonds is 20. The highest BCUT2D eigenvalue weighted by Gasteiger charge is 2.18. The van der Waals surface area contributed by atoms with Gasteiger partial charge in [0.2, 0.25) is 11.8 Å². The summed E-state index contributed by atoms with van der Waals surface area (Å²) in [6.45, 7) is 7.84. The Labute approximate surface area is 236 Å². The van der Waals surface area contributed by atoms with Crippen molar-refractivity contribution in [2.45, 2.75) is 97.9 Å². The molecule has 0 unspecified atom stereocenters. The van der Waals surface area contributed by atoms with E-state index in [0.29, 0.717) is 12.8 Å². The minimum Gasteiger partial charge on any atom is -0.356 e. The third-order valence-corrected chi connectivity index (χ3v) is 5.41. The van der Waals surface area contributed by atoms with E-state index in [1.165, 1.54) is 13.3 Å². The predicted molar refractivity (Wildman–Crippen MR) is 162 cm³/mol. The van der Waals surface area contributed by atoms with Crippen LogP contribution in [0, 0.1) is 0 Å². The molecule has 0 fully saturated rings. The van der Waals surface area contributed by atoms with Crippen molar-refractivity contribution in [1.29, 1.82) is 0 Å². The number of allylic oxidation sites excluding steroid dienone is 10. The lowest BCUT2D eigenvalue weighted by molar-refractivity contribution is -0.127. The van der Waals surface area contributed by atoms with Crippen LogP contribution in [-0.2, 0) is 20.8 Å². The molecule has 1 aromatic heterocycles. The molecule has 0 aliphatic carbocycles. The van der Waals surface area contributed by atoms with E-state index < -0.39 is 6.04 Å². The van der Waals surface area contributed by atoms with Crippen LogP contribution in [-0.4, -0.2) is 40.2 Å². The van der Waals surface area contributed by atoms with Gasteiger partial charge in [0.05, 0.1) is 12.4 Å². The number of ketones is 1. The van der Waals surface area contributed by atoms with Crippen molar-refractivity contribution in [2.75, 3.05) is 6.54 Å². The molecular formula is C32H50N4O3. The minimum absolute atomic E-state index is 0.0688. The highest BCUT2D eigenvalue weighted by Crippen LogP contribution is 2.01. The second kappa shape index (κ2) is 26.1. The molecule has 0 radical (unpaired) electrons. The van der Waals surface area contributed by atoms with E-state index >= 15 is 0 Å². The number of amides is 2. The molecule has 216 valence electrons. The molecule has 39 heavy (non-hydrogen) atoms. The first-order valence-corrected chi connectivity index (χ1v) is 14.3.